The van der Waals surface area contributed by atoms with Gasteiger partial charge in [0.05, 0.1) is 12.2 Å². The molecule has 1 aliphatic rings. The summed E-state index contributed by atoms with van der Waals surface area (Å²) in [5.41, 5.74) is 1.46. The lowest BCUT2D eigenvalue weighted by molar-refractivity contribution is 0.591. The summed E-state index contributed by atoms with van der Waals surface area (Å²) < 4.78 is 26.7. The standard InChI is InChI=1S/C14H12ClN3O2S/c15-11-6-7-12-13(8-11)21(19,20)18-14(17-12)16-9-10-4-2-1-3-5-10/h1-8H,9H2,(H2,16,17,18). The van der Waals surface area contributed by atoms with Crippen molar-refractivity contribution >= 4 is 33.3 Å². The highest BCUT2D eigenvalue weighted by atomic mass is 35.5. The molecule has 5 nitrogen and oxygen atoms in total. The molecule has 108 valence electrons. The number of fused-ring (bicyclic) bond motifs is 1. The minimum atomic E-state index is -3.65. The van der Waals surface area contributed by atoms with Crippen LogP contribution in [0.2, 0.25) is 5.02 Å². The van der Waals surface area contributed by atoms with Gasteiger partial charge in [0.25, 0.3) is 10.0 Å². The molecule has 2 aromatic carbocycles. The van der Waals surface area contributed by atoms with Crippen LogP contribution in [0.25, 0.3) is 0 Å². The molecule has 0 saturated carbocycles. The van der Waals surface area contributed by atoms with Crippen molar-refractivity contribution in [3.8, 4) is 0 Å². The molecule has 3 rings (SSSR count). The number of halogens is 1. The van der Waals surface area contributed by atoms with Crippen molar-refractivity contribution in [3.63, 3.8) is 0 Å². The predicted molar refractivity (Wildman–Crippen MR) is 83.0 cm³/mol. The molecule has 0 unspecified atom stereocenters. The van der Waals surface area contributed by atoms with E-state index in [9.17, 15) is 8.42 Å². The maximum absolute atomic E-state index is 12.2. The average molecular weight is 322 g/mol. The predicted octanol–water partition coefficient (Wildman–Crippen LogP) is 2.60. The molecule has 2 N–H and O–H groups in total. The molecule has 0 saturated heterocycles. The van der Waals surface area contributed by atoms with Crippen LogP contribution in [-0.2, 0) is 16.6 Å². The largest absolute Gasteiger partial charge is 0.324 e. The second-order valence-corrected chi connectivity index (χ2v) is 6.61. The molecule has 0 aliphatic carbocycles. The van der Waals surface area contributed by atoms with E-state index in [0.717, 1.165) is 5.56 Å². The number of nitrogens with zero attached hydrogens (tertiary/aromatic N) is 1. The number of hydrogen-bond acceptors (Lipinski definition) is 3. The van der Waals surface area contributed by atoms with Crippen molar-refractivity contribution in [3.05, 3.63) is 59.1 Å². The van der Waals surface area contributed by atoms with Crippen LogP contribution in [0.4, 0.5) is 5.69 Å². The van der Waals surface area contributed by atoms with E-state index in [1.165, 1.54) is 6.07 Å². The van der Waals surface area contributed by atoms with Gasteiger partial charge in [0.2, 0.25) is 5.96 Å². The van der Waals surface area contributed by atoms with Crippen molar-refractivity contribution in [2.45, 2.75) is 11.4 Å². The van der Waals surface area contributed by atoms with Gasteiger partial charge in [-0.25, -0.2) is 18.1 Å². The Bertz CT molecular complexity index is 804. The first-order valence-electron chi connectivity index (χ1n) is 6.22. The van der Waals surface area contributed by atoms with Crippen molar-refractivity contribution in [1.82, 2.24) is 4.72 Å². The van der Waals surface area contributed by atoms with Crippen LogP contribution in [0, 0.1) is 0 Å². The van der Waals surface area contributed by atoms with E-state index >= 15 is 0 Å². The summed E-state index contributed by atoms with van der Waals surface area (Å²) in [6, 6.07) is 14.2. The Balaban J connectivity index is 1.90. The third-order valence-electron chi connectivity index (χ3n) is 2.98. The highest BCUT2D eigenvalue weighted by Crippen LogP contribution is 2.27. The maximum Gasteiger partial charge on any atom is 0.266 e. The Labute approximate surface area is 127 Å². The lowest BCUT2D eigenvalue weighted by Gasteiger charge is -2.21. The minimum Gasteiger partial charge on any atom is -0.324 e. The van der Waals surface area contributed by atoms with E-state index in [0.29, 0.717) is 17.3 Å². The molecule has 0 radical (unpaired) electrons. The summed E-state index contributed by atoms with van der Waals surface area (Å²) in [4.78, 5) is 4.37. The Morgan fingerprint density at radius 2 is 1.86 bits per heavy atom. The van der Waals surface area contributed by atoms with Gasteiger partial charge in [-0.2, -0.15) is 0 Å². The quantitative estimate of drug-likeness (QED) is 0.893. The molecule has 1 aliphatic heterocycles. The fourth-order valence-corrected chi connectivity index (χ4v) is 3.39. The van der Waals surface area contributed by atoms with Gasteiger partial charge in [0.1, 0.15) is 4.90 Å². The first kappa shape index (κ1) is 13.9. The van der Waals surface area contributed by atoms with Crippen LogP contribution in [0.3, 0.4) is 0 Å². The molecule has 7 heteroatoms. The molecule has 0 bridgehead atoms. The summed E-state index contributed by atoms with van der Waals surface area (Å²) in [6.45, 7) is 0.384. The minimum absolute atomic E-state index is 0.119. The molecule has 0 amide bonds. The topological polar surface area (TPSA) is 70.6 Å². The Morgan fingerprint density at radius 1 is 1.10 bits per heavy atom. The Morgan fingerprint density at radius 3 is 2.62 bits per heavy atom. The zero-order valence-corrected chi connectivity index (χ0v) is 12.4. The average Bonchev–Trinajstić information content (AvgIpc) is 2.47. The fraction of sp³-hybridized carbons (Fsp3) is 0.0714. The lowest BCUT2D eigenvalue weighted by Crippen LogP contribution is -2.40. The van der Waals surface area contributed by atoms with E-state index in [1.807, 2.05) is 30.3 Å². The van der Waals surface area contributed by atoms with Crippen molar-refractivity contribution in [1.29, 1.82) is 0 Å². The van der Waals surface area contributed by atoms with Crippen LogP contribution in [0.15, 0.2) is 58.4 Å². The van der Waals surface area contributed by atoms with Gasteiger partial charge in [-0.3, -0.25) is 0 Å². The van der Waals surface area contributed by atoms with Gasteiger partial charge in [-0.15, -0.1) is 0 Å². The van der Waals surface area contributed by atoms with E-state index in [2.05, 4.69) is 15.0 Å². The molecule has 0 fully saturated rings. The van der Waals surface area contributed by atoms with Crippen molar-refractivity contribution in [2.75, 3.05) is 5.32 Å². The third kappa shape index (κ3) is 3.01. The highest BCUT2D eigenvalue weighted by molar-refractivity contribution is 7.90. The summed E-state index contributed by atoms with van der Waals surface area (Å²) in [5.74, 6) is 0.202. The SMILES string of the molecule is O=S1(=O)NC(=NCc2ccccc2)Nc2ccc(Cl)cc21. The molecular weight excluding hydrogens is 310 g/mol. The van der Waals surface area contributed by atoms with Gasteiger partial charge in [0, 0.05) is 5.02 Å². The Hall–Kier alpha value is -2.05. The van der Waals surface area contributed by atoms with Gasteiger partial charge in [0.15, 0.2) is 0 Å². The van der Waals surface area contributed by atoms with Crippen molar-refractivity contribution in [2.24, 2.45) is 4.99 Å². The molecule has 0 aromatic heterocycles. The summed E-state index contributed by atoms with van der Waals surface area (Å²) in [6.07, 6.45) is 0. The van der Waals surface area contributed by atoms with E-state index in [1.54, 1.807) is 12.1 Å². The number of anilines is 1. The fourth-order valence-electron chi connectivity index (χ4n) is 1.98. The molecule has 21 heavy (non-hydrogen) atoms. The van der Waals surface area contributed by atoms with Crippen molar-refractivity contribution < 1.29 is 8.42 Å². The number of guanidine groups is 1. The summed E-state index contributed by atoms with van der Waals surface area (Å²) in [7, 11) is -3.65. The van der Waals surface area contributed by atoms with Gasteiger partial charge >= 0.3 is 0 Å². The zero-order chi connectivity index (χ0) is 14.9. The second kappa shape index (κ2) is 5.38. The van der Waals surface area contributed by atoms with Crippen LogP contribution in [0.1, 0.15) is 5.56 Å². The van der Waals surface area contributed by atoms with E-state index in [-0.39, 0.29) is 10.9 Å². The molecule has 0 atom stereocenters. The number of nitrogens with one attached hydrogen (secondary N) is 2. The van der Waals surface area contributed by atoms with Gasteiger partial charge < -0.3 is 5.32 Å². The highest BCUT2D eigenvalue weighted by Gasteiger charge is 2.26. The van der Waals surface area contributed by atoms with Gasteiger partial charge in [-0.05, 0) is 23.8 Å². The smallest absolute Gasteiger partial charge is 0.266 e. The van der Waals surface area contributed by atoms with E-state index in [4.69, 9.17) is 11.6 Å². The van der Waals surface area contributed by atoms with E-state index < -0.39 is 10.0 Å². The van der Waals surface area contributed by atoms with Gasteiger partial charge in [-0.1, -0.05) is 41.9 Å². The van der Waals surface area contributed by atoms with Crippen LogP contribution in [0.5, 0.6) is 0 Å². The zero-order valence-electron chi connectivity index (χ0n) is 10.9. The first-order valence-corrected chi connectivity index (χ1v) is 8.08. The number of rotatable bonds is 2. The van der Waals surface area contributed by atoms with Crippen LogP contribution in [-0.4, -0.2) is 14.4 Å². The molecule has 0 spiro atoms. The number of sulfonamides is 1. The maximum atomic E-state index is 12.2. The first-order chi connectivity index (χ1) is 10.0. The van der Waals surface area contributed by atoms with Crippen LogP contribution < -0.4 is 10.0 Å². The second-order valence-electron chi connectivity index (χ2n) is 4.52. The Kier molecular flexibility index (Phi) is 3.57. The lowest BCUT2D eigenvalue weighted by atomic mass is 10.2. The third-order valence-corrected chi connectivity index (χ3v) is 4.59. The summed E-state index contributed by atoms with van der Waals surface area (Å²) in [5, 5.41) is 3.32. The number of aliphatic imine (C=N–C) groups is 1. The molecule has 2 aromatic rings. The number of benzene rings is 2. The normalized spacial score (nSPS) is 17.7. The molecular formula is C14H12ClN3O2S. The van der Waals surface area contributed by atoms with Crippen LogP contribution >= 0.6 is 11.6 Å². The molecule has 1 heterocycles. The summed E-state index contributed by atoms with van der Waals surface area (Å²) >= 11 is 5.83. The number of hydrogen-bond donors (Lipinski definition) is 2. The monoisotopic (exact) mass is 321 g/mol.